The van der Waals surface area contributed by atoms with Gasteiger partial charge in [0.05, 0.1) is 17.6 Å². The van der Waals surface area contributed by atoms with Gasteiger partial charge in [0, 0.05) is 28.5 Å². The van der Waals surface area contributed by atoms with Gasteiger partial charge in [0.25, 0.3) is 0 Å². The number of hydrogen-bond donors (Lipinski definition) is 1. The molecular formula is C13H20N2OS2. The van der Waals surface area contributed by atoms with Gasteiger partial charge >= 0.3 is 0 Å². The van der Waals surface area contributed by atoms with E-state index in [0.29, 0.717) is 16.4 Å². The van der Waals surface area contributed by atoms with Crippen LogP contribution in [0, 0.1) is 0 Å². The van der Waals surface area contributed by atoms with E-state index < -0.39 is 0 Å². The normalized spacial score (nSPS) is 24.5. The fourth-order valence-electron chi connectivity index (χ4n) is 2.11. The molecule has 0 amide bonds. The molecule has 18 heavy (non-hydrogen) atoms. The van der Waals surface area contributed by atoms with Gasteiger partial charge in [-0.1, -0.05) is 20.8 Å². The lowest BCUT2D eigenvalue weighted by Crippen LogP contribution is -2.19. The Bertz CT molecular complexity index is 412. The summed E-state index contributed by atoms with van der Waals surface area (Å²) in [6.07, 6.45) is 1.80. The molecule has 1 fully saturated rings. The van der Waals surface area contributed by atoms with Crippen LogP contribution in [0.2, 0.25) is 0 Å². The molecule has 0 saturated carbocycles. The molecule has 0 spiro atoms. The third-order valence-electron chi connectivity index (χ3n) is 3.08. The molecule has 1 aromatic heterocycles. The Balaban J connectivity index is 2.30. The molecule has 2 heterocycles. The van der Waals surface area contributed by atoms with Gasteiger partial charge in [0.1, 0.15) is 5.82 Å². The maximum absolute atomic E-state index is 9.33. The molecule has 3 nitrogen and oxygen atoms in total. The smallest absolute Gasteiger partial charge is 0.142 e. The van der Waals surface area contributed by atoms with Gasteiger partial charge in [-0.3, -0.25) is 0 Å². The largest absolute Gasteiger partial charge is 0.392 e. The average Bonchev–Trinajstić information content (AvgIpc) is 2.38. The summed E-state index contributed by atoms with van der Waals surface area (Å²) in [6, 6.07) is 0. The van der Waals surface area contributed by atoms with E-state index in [0.717, 1.165) is 17.1 Å². The monoisotopic (exact) mass is 284 g/mol. The second-order valence-electron chi connectivity index (χ2n) is 4.82. The Kier molecular flexibility index (Phi) is 4.92. The van der Waals surface area contributed by atoms with Crippen LogP contribution in [-0.4, -0.2) is 31.8 Å². The van der Waals surface area contributed by atoms with Crippen LogP contribution in [0.1, 0.15) is 49.0 Å². The van der Waals surface area contributed by atoms with Gasteiger partial charge in [-0.25, -0.2) is 9.97 Å². The first kappa shape index (κ1) is 14.2. The third-order valence-corrected chi connectivity index (χ3v) is 6.16. The maximum atomic E-state index is 9.33. The van der Waals surface area contributed by atoms with Crippen molar-refractivity contribution in [2.24, 2.45) is 0 Å². The summed E-state index contributed by atoms with van der Waals surface area (Å²) in [5.41, 5.74) is 1.85. The molecule has 2 rings (SSSR count). The first-order valence-electron chi connectivity index (χ1n) is 6.33. The Hall–Kier alpha value is -0.260. The minimum atomic E-state index is 0.0237. The van der Waals surface area contributed by atoms with Crippen molar-refractivity contribution >= 4 is 23.5 Å². The standard InChI is InChI=1S/C13H20N2OS2/c1-8(2)11-10(7-16)6-14-13(15-11)12-9(3)17-4-5-18-12/h6,8-9,12,16H,4-5,7H2,1-3H3. The molecule has 2 unspecified atom stereocenters. The third kappa shape index (κ3) is 3.00. The summed E-state index contributed by atoms with van der Waals surface area (Å²) in [5.74, 6) is 3.64. The summed E-state index contributed by atoms with van der Waals surface area (Å²) in [7, 11) is 0. The zero-order valence-corrected chi connectivity index (χ0v) is 12.7. The molecule has 1 aliphatic heterocycles. The Morgan fingerprint density at radius 1 is 1.39 bits per heavy atom. The Morgan fingerprint density at radius 3 is 2.72 bits per heavy atom. The maximum Gasteiger partial charge on any atom is 0.142 e. The zero-order valence-electron chi connectivity index (χ0n) is 11.1. The molecule has 0 bridgehead atoms. The molecule has 5 heteroatoms. The van der Waals surface area contributed by atoms with Crippen molar-refractivity contribution in [2.75, 3.05) is 11.5 Å². The topological polar surface area (TPSA) is 46.0 Å². The number of hydrogen-bond acceptors (Lipinski definition) is 5. The summed E-state index contributed by atoms with van der Waals surface area (Å²) in [4.78, 5) is 9.17. The van der Waals surface area contributed by atoms with Crippen molar-refractivity contribution in [2.45, 2.75) is 43.8 Å². The van der Waals surface area contributed by atoms with E-state index in [4.69, 9.17) is 4.98 Å². The number of thioether (sulfide) groups is 2. The molecule has 0 radical (unpaired) electrons. The van der Waals surface area contributed by atoms with Crippen LogP contribution in [-0.2, 0) is 6.61 Å². The minimum Gasteiger partial charge on any atom is -0.392 e. The SMILES string of the molecule is CC(C)c1nc(C2SCCSC2C)ncc1CO. The van der Waals surface area contributed by atoms with Crippen molar-refractivity contribution in [3.63, 3.8) is 0 Å². The number of aromatic nitrogens is 2. The van der Waals surface area contributed by atoms with Crippen molar-refractivity contribution in [3.8, 4) is 0 Å². The lowest BCUT2D eigenvalue weighted by atomic mass is 10.1. The molecular weight excluding hydrogens is 264 g/mol. The molecule has 1 aromatic rings. The Labute approximate surface area is 117 Å². The van der Waals surface area contributed by atoms with Gasteiger partial charge in [-0.05, 0) is 5.92 Å². The highest BCUT2D eigenvalue weighted by molar-refractivity contribution is 8.06. The lowest BCUT2D eigenvalue weighted by Gasteiger charge is -2.27. The summed E-state index contributed by atoms with van der Waals surface area (Å²) in [6.45, 7) is 6.49. The number of nitrogens with zero attached hydrogens (tertiary/aromatic N) is 2. The van der Waals surface area contributed by atoms with E-state index >= 15 is 0 Å². The second-order valence-corrected chi connectivity index (χ2v) is 7.55. The van der Waals surface area contributed by atoms with Crippen LogP contribution in [0.5, 0.6) is 0 Å². The summed E-state index contributed by atoms with van der Waals surface area (Å²) < 4.78 is 0. The highest BCUT2D eigenvalue weighted by Gasteiger charge is 2.27. The van der Waals surface area contributed by atoms with Gasteiger partial charge in [0.2, 0.25) is 0 Å². The highest BCUT2D eigenvalue weighted by Crippen LogP contribution is 2.41. The van der Waals surface area contributed by atoms with Crippen LogP contribution in [0.25, 0.3) is 0 Å². The average molecular weight is 284 g/mol. The van der Waals surface area contributed by atoms with Crippen molar-refractivity contribution < 1.29 is 5.11 Å². The van der Waals surface area contributed by atoms with E-state index in [1.54, 1.807) is 6.20 Å². The number of rotatable bonds is 3. The fraction of sp³-hybridized carbons (Fsp3) is 0.692. The molecule has 1 saturated heterocycles. The number of aliphatic hydroxyl groups excluding tert-OH is 1. The molecule has 0 aliphatic carbocycles. The second kappa shape index (κ2) is 6.26. The first-order valence-corrected chi connectivity index (χ1v) is 8.43. The molecule has 2 atom stereocenters. The van der Waals surface area contributed by atoms with Crippen molar-refractivity contribution in [1.82, 2.24) is 9.97 Å². The van der Waals surface area contributed by atoms with Crippen LogP contribution < -0.4 is 0 Å². The predicted molar refractivity (Wildman–Crippen MR) is 79.2 cm³/mol. The van der Waals surface area contributed by atoms with Gasteiger partial charge in [-0.2, -0.15) is 11.8 Å². The van der Waals surface area contributed by atoms with Crippen LogP contribution in [0.4, 0.5) is 0 Å². The highest BCUT2D eigenvalue weighted by atomic mass is 32.2. The predicted octanol–water partition coefficient (Wildman–Crippen LogP) is 3.00. The molecule has 0 aromatic carbocycles. The molecule has 1 N–H and O–H groups in total. The summed E-state index contributed by atoms with van der Waals surface area (Å²) >= 11 is 3.94. The van der Waals surface area contributed by atoms with Crippen molar-refractivity contribution in [3.05, 3.63) is 23.3 Å². The fourth-order valence-corrected chi connectivity index (χ4v) is 4.81. The first-order chi connectivity index (χ1) is 8.63. The van der Waals surface area contributed by atoms with Gasteiger partial charge < -0.3 is 5.11 Å². The van der Waals surface area contributed by atoms with E-state index in [1.807, 2.05) is 23.5 Å². The molecule has 100 valence electrons. The van der Waals surface area contributed by atoms with E-state index in [-0.39, 0.29) is 6.61 Å². The quantitative estimate of drug-likeness (QED) is 0.924. The van der Waals surface area contributed by atoms with Crippen LogP contribution in [0.3, 0.4) is 0 Å². The Morgan fingerprint density at radius 2 is 2.11 bits per heavy atom. The minimum absolute atomic E-state index is 0.0237. The van der Waals surface area contributed by atoms with Crippen molar-refractivity contribution in [1.29, 1.82) is 0 Å². The lowest BCUT2D eigenvalue weighted by molar-refractivity contribution is 0.278. The van der Waals surface area contributed by atoms with E-state index in [2.05, 4.69) is 25.8 Å². The molecule has 1 aliphatic rings. The van der Waals surface area contributed by atoms with Crippen LogP contribution >= 0.6 is 23.5 Å². The number of aliphatic hydroxyl groups is 1. The van der Waals surface area contributed by atoms with E-state index in [9.17, 15) is 5.11 Å². The van der Waals surface area contributed by atoms with Gasteiger partial charge in [0.15, 0.2) is 0 Å². The van der Waals surface area contributed by atoms with Crippen LogP contribution in [0.15, 0.2) is 6.20 Å². The zero-order chi connectivity index (χ0) is 13.1. The van der Waals surface area contributed by atoms with Gasteiger partial charge in [-0.15, -0.1) is 11.8 Å². The summed E-state index contributed by atoms with van der Waals surface area (Å²) in [5, 5.41) is 10.3. The van der Waals surface area contributed by atoms with E-state index in [1.165, 1.54) is 11.5 Å².